The number of hydrogen-bond donors (Lipinski definition) is 4. The highest BCUT2D eigenvalue weighted by Gasteiger charge is 2.26. The lowest BCUT2D eigenvalue weighted by atomic mass is 9.82. The summed E-state index contributed by atoms with van der Waals surface area (Å²) in [4.78, 5) is 16.7. The van der Waals surface area contributed by atoms with Gasteiger partial charge in [-0.1, -0.05) is 45.0 Å². The SMILES string of the molecule is CCC(C)(C)c1ccc(S(=O)(=O)NC(Cc2ccc(OCCCON=C(N)N)cc2)C(=O)O)cc1. The van der Waals surface area contributed by atoms with Gasteiger partial charge in [0.25, 0.3) is 0 Å². The molecule has 11 heteroatoms. The Hall–Kier alpha value is -3.31. The van der Waals surface area contributed by atoms with E-state index < -0.39 is 22.0 Å². The van der Waals surface area contributed by atoms with Crippen LogP contribution in [-0.4, -0.2) is 44.7 Å². The molecule has 1 atom stereocenters. The van der Waals surface area contributed by atoms with Crippen molar-refractivity contribution < 1.29 is 27.9 Å². The fraction of sp³-hybridized carbons (Fsp3) is 0.417. The first-order valence-electron chi connectivity index (χ1n) is 11.2. The number of nitrogens with one attached hydrogen (secondary N) is 1. The van der Waals surface area contributed by atoms with Gasteiger partial charge in [0, 0.05) is 6.42 Å². The van der Waals surface area contributed by atoms with E-state index in [0.29, 0.717) is 24.3 Å². The average molecular weight is 507 g/mol. The van der Waals surface area contributed by atoms with Gasteiger partial charge in [-0.2, -0.15) is 4.72 Å². The van der Waals surface area contributed by atoms with Crippen LogP contribution in [0.1, 0.15) is 44.7 Å². The number of hydrogen-bond acceptors (Lipinski definition) is 6. The maximum atomic E-state index is 12.8. The predicted octanol–water partition coefficient (Wildman–Crippen LogP) is 2.32. The largest absolute Gasteiger partial charge is 0.493 e. The number of guanidine groups is 1. The maximum absolute atomic E-state index is 12.8. The summed E-state index contributed by atoms with van der Waals surface area (Å²) < 4.78 is 33.5. The quantitative estimate of drug-likeness (QED) is 0.131. The number of aliphatic carboxylic acids is 1. The summed E-state index contributed by atoms with van der Waals surface area (Å²) in [6.07, 6.45) is 1.43. The Kier molecular flexibility index (Phi) is 9.90. The first-order chi connectivity index (χ1) is 16.4. The summed E-state index contributed by atoms with van der Waals surface area (Å²) in [5, 5.41) is 13.0. The van der Waals surface area contributed by atoms with Crippen molar-refractivity contribution >= 4 is 22.0 Å². The van der Waals surface area contributed by atoms with Crippen molar-refractivity contribution in [3.05, 3.63) is 59.7 Å². The number of oxime groups is 1. The minimum Gasteiger partial charge on any atom is -0.493 e. The molecule has 0 radical (unpaired) electrons. The van der Waals surface area contributed by atoms with E-state index in [1.807, 2.05) is 0 Å². The Morgan fingerprint density at radius 3 is 2.26 bits per heavy atom. The molecule has 0 spiro atoms. The van der Waals surface area contributed by atoms with E-state index in [4.69, 9.17) is 21.0 Å². The molecule has 0 bridgehead atoms. The standard InChI is InChI=1S/C24H34N4O6S/c1-4-24(2,3)18-8-12-20(13-9-18)35(31,32)28-21(22(29)30)16-17-6-10-19(11-7-17)33-14-5-15-34-27-23(25)26/h6-13,21,28H,4-5,14-16H2,1-3H3,(H,29,30)(H4,25,26,27). The van der Waals surface area contributed by atoms with Crippen LogP contribution in [-0.2, 0) is 31.5 Å². The van der Waals surface area contributed by atoms with E-state index in [9.17, 15) is 18.3 Å². The van der Waals surface area contributed by atoms with Crippen LogP contribution in [0.15, 0.2) is 58.6 Å². The second-order valence-electron chi connectivity index (χ2n) is 8.67. The van der Waals surface area contributed by atoms with Crippen LogP contribution >= 0.6 is 0 Å². The summed E-state index contributed by atoms with van der Waals surface area (Å²) in [7, 11) is -4.02. The van der Waals surface area contributed by atoms with Gasteiger partial charge in [0.2, 0.25) is 16.0 Å². The minimum absolute atomic E-state index is 0.0203. The monoisotopic (exact) mass is 506 g/mol. The summed E-state index contributed by atoms with van der Waals surface area (Å²) in [6.45, 7) is 6.87. The van der Waals surface area contributed by atoms with E-state index in [1.165, 1.54) is 12.1 Å². The Labute approximate surface area is 206 Å². The summed E-state index contributed by atoms with van der Waals surface area (Å²) >= 11 is 0. The maximum Gasteiger partial charge on any atom is 0.322 e. The Bertz CT molecular complexity index is 1100. The highest BCUT2D eigenvalue weighted by Crippen LogP contribution is 2.27. The first-order valence-corrected chi connectivity index (χ1v) is 12.7. The molecule has 0 saturated heterocycles. The number of nitrogens with two attached hydrogens (primary N) is 2. The number of carboxylic acid groups (broad SMARTS) is 1. The first kappa shape index (κ1) is 27.9. The zero-order valence-corrected chi connectivity index (χ0v) is 21.0. The van der Waals surface area contributed by atoms with Gasteiger partial charge < -0.3 is 26.1 Å². The third-order valence-corrected chi connectivity index (χ3v) is 7.09. The van der Waals surface area contributed by atoms with E-state index in [2.05, 4.69) is 30.6 Å². The number of nitrogens with zero attached hydrogens (tertiary/aromatic N) is 1. The fourth-order valence-corrected chi connectivity index (χ4v) is 4.30. The second-order valence-corrected chi connectivity index (χ2v) is 10.4. The van der Waals surface area contributed by atoms with Crippen LogP contribution in [0.3, 0.4) is 0 Å². The van der Waals surface area contributed by atoms with Gasteiger partial charge in [-0.25, -0.2) is 8.42 Å². The molecule has 0 aromatic heterocycles. The molecule has 6 N–H and O–H groups in total. The van der Waals surface area contributed by atoms with Crippen molar-refractivity contribution in [3.8, 4) is 5.75 Å². The van der Waals surface area contributed by atoms with Gasteiger partial charge in [0.05, 0.1) is 11.5 Å². The van der Waals surface area contributed by atoms with Crippen LogP contribution in [0.5, 0.6) is 5.75 Å². The highest BCUT2D eigenvalue weighted by molar-refractivity contribution is 7.89. The highest BCUT2D eigenvalue weighted by atomic mass is 32.2. The van der Waals surface area contributed by atoms with Gasteiger partial charge in [-0.3, -0.25) is 4.79 Å². The van der Waals surface area contributed by atoms with Crippen LogP contribution in [0.4, 0.5) is 0 Å². The minimum atomic E-state index is -4.02. The fourth-order valence-electron chi connectivity index (χ4n) is 3.12. The van der Waals surface area contributed by atoms with Crippen molar-refractivity contribution in [2.45, 2.75) is 56.4 Å². The Morgan fingerprint density at radius 2 is 1.71 bits per heavy atom. The van der Waals surface area contributed by atoms with E-state index in [0.717, 1.165) is 12.0 Å². The van der Waals surface area contributed by atoms with Gasteiger partial charge in [0.15, 0.2) is 0 Å². The van der Waals surface area contributed by atoms with Crippen molar-refractivity contribution in [3.63, 3.8) is 0 Å². The lowest BCUT2D eigenvalue weighted by Crippen LogP contribution is -2.42. The zero-order valence-electron chi connectivity index (χ0n) is 20.2. The zero-order chi connectivity index (χ0) is 26.1. The Morgan fingerprint density at radius 1 is 1.09 bits per heavy atom. The molecule has 0 heterocycles. The molecular formula is C24H34N4O6S. The number of benzene rings is 2. The molecule has 0 fully saturated rings. The number of carbonyl (C=O) groups is 1. The second kappa shape index (κ2) is 12.4. The molecule has 0 amide bonds. The molecule has 0 aliphatic rings. The third-order valence-electron chi connectivity index (χ3n) is 5.61. The predicted molar refractivity (Wildman–Crippen MR) is 134 cm³/mol. The number of ether oxygens (including phenoxy) is 1. The summed E-state index contributed by atoms with van der Waals surface area (Å²) in [6, 6.07) is 12.0. The molecule has 2 aromatic carbocycles. The molecule has 192 valence electrons. The van der Waals surface area contributed by atoms with Crippen molar-refractivity contribution in [2.75, 3.05) is 13.2 Å². The summed E-state index contributed by atoms with van der Waals surface area (Å²) in [5.74, 6) is -0.839. The molecule has 35 heavy (non-hydrogen) atoms. The van der Waals surface area contributed by atoms with Crippen LogP contribution < -0.4 is 20.9 Å². The van der Waals surface area contributed by atoms with Gasteiger partial charge >= 0.3 is 5.97 Å². The lowest BCUT2D eigenvalue weighted by molar-refractivity contribution is -0.138. The Balaban J connectivity index is 1.98. The molecule has 1 unspecified atom stereocenters. The number of carboxylic acids is 1. The van der Waals surface area contributed by atoms with E-state index >= 15 is 0 Å². The van der Waals surface area contributed by atoms with E-state index in [1.54, 1.807) is 36.4 Å². The van der Waals surface area contributed by atoms with Crippen molar-refractivity contribution in [1.82, 2.24) is 4.72 Å². The van der Waals surface area contributed by atoms with E-state index in [-0.39, 0.29) is 29.3 Å². The van der Waals surface area contributed by atoms with Gasteiger partial charge in [0.1, 0.15) is 18.4 Å². The van der Waals surface area contributed by atoms with Crippen LogP contribution in [0, 0.1) is 0 Å². The van der Waals surface area contributed by atoms with Crippen LogP contribution in [0.25, 0.3) is 0 Å². The average Bonchev–Trinajstić information content (AvgIpc) is 2.81. The molecule has 0 aliphatic heterocycles. The molecule has 0 aliphatic carbocycles. The molecule has 10 nitrogen and oxygen atoms in total. The summed E-state index contributed by atoms with van der Waals surface area (Å²) in [5.41, 5.74) is 11.9. The van der Waals surface area contributed by atoms with Gasteiger partial charge in [-0.05, 0) is 58.8 Å². The number of rotatable bonds is 14. The molecular weight excluding hydrogens is 472 g/mol. The normalized spacial score (nSPS) is 12.5. The van der Waals surface area contributed by atoms with Crippen LogP contribution in [0.2, 0.25) is 0 Å². The third kappa shape index (κ3) is 8.76. The smallest absolute Gasteiger partial charge is 0.322 e. The van der Waals surface area contributed by atoms with Gasteiger partial charge in [-0.15, -0.1) is 0 Å². The molecule has 0 saturated carbocycles. The molecule has 2 rings (SSSR count). The lowest BCUT2D eigenvalue weighted by Gasteiger charge is -2.23. The van der Waals surface area contributed by atoms with Crippen molar-refractivity contribution in [2.24, 2.45) is 16.6 Å². The molecule has 2 aromatic rings. The van der Waals surface area contributed by atoms with Crippen molar-refractivity contribution in [1.29, 1.82) is 0 Å². The number of sulfonamides is 1. The topological polar surface area (TPSA) is 166 Å².